The van der Waals surface area contributed by atoms with Gasteiger partial charge in [-0.2, -0.15) is 0 Å². The van der Waals surface area contributed by atoms with Crippen molar-refractivity contribution in [3.63, 3.8) is 0 Å². The van der Waals surface area contributed by atoms with Crippen LogP contribution in [0.1, 0.15) is 38.9 Å². The number of nitrogens with two attached hydrogens (primary N) is 1. The van der Waals surface area contributed by atoms with Crippen LogP contribution in [-0.4, -0.2) is 21.5 Å². The van der Waals surface area contributed by atoms with E-state index >= 15 is 0 Å². The third-order valence-electron chi connectivity index (χ3n) is 5.07. The van der Waals surface area contributed by atoms with Gasteiger partial charge in [-0.05, 0) is 37.0 Å². The molecular weight excluding hydrogens is 335 g/mol. The Morgan fingerprint density at radius 1 is 1.39 bits per heavy atom. The number of aromatic nitrogens is 2. The van der Waals surface area contributed by atoms with Crippen molar-refractivity contribution < 1.29 is 4.79 Å². The molecule has 4 unspecified atom stereocenters. The minimum absolute atomic E-state index is 0. The average Bonchev–Trinajstić information content (AvgIpc) is 3.11. The molecule has 3 N–H and O–H groups in total. The van der Waals surface area contributed by atoms with Crippen molar-refractivity contribution in [1.29, 1.82) is 0 Å². The fourth-order valence-corrected chi connectivity index (χ4v) is 4.08. The van der Waals surface area contributed by atoms with Crippen molar-refractivity contribution in [2.75, 3.05) is 0 Å². The van der Waals surface area contributed by atoms with Crippen LogP contribution in [0.4, 0.5) is 0 Å². The summed E-state index contributed by atoms with van der Waals surface area (Å²) in [4.78, 5) is 16.8. The van der Waals surface area contributed by atoms with Gasteiger partial charge in [0.1, 0.15) is 5.82 Å². The van der Waals surface area contributed by atoms with Crippen LogP contribution in [0.2, 0.25) is 0 Å². The maximum atomic E-state index is 12.4. The van der Waals surface area contributed by atoms with Crippen molar-refractivity contribution in [2.45, 2.75) is 52.2 Å². The van der Waals surface area contributed by atoms with E-state index in [1.165, 1.54) is 12.8 Å². The quantitative estimate of drug-likeness (QED) is 0.844. The van der Waals surface area contributed by atoms with E-state index in [0.717, 1.165) is 18.8 Å². The zero-order valence-corrected chi connectivity index (χ0v) is 15.4. The topological polar surface area (TPSA) is 72.9 Å². The fourth-order valence-electron chi connectivity index (χ4n) is 4.08. The van der Waals surface area contributed by atoms with Gasteiger partial charge in [0.15, 0.2) is 0 Å². The lowest BCUT2D eigenvalue weighted by atomic mass is 9.84. The number of amides is 1. The number of fused-ring (bicyclic) bond motifs is 2. The molecule has 5 nitrogen and oxygen atoms in total. The normalized spacial score (nSPS) is 28.3. The molecule has 4 atom stereocenters. The summed E-state index contributed by atoms with van der Waals surface area (Å²) in [5.74, 6) is 2.68. The van der Waals surface area contributed by atoms with E-state index in [-0.39, 0.29) is 42.7 Å². The Morgan fingerprint density at radius 2 is 2.09 bits per heavy atom. The first-order chi connectivity index (χ1) is 10.1. The Bertz CT molecular complexity index is 518. The largest absolute Gasteiger partial charge is 0.349 e. The van der Waals surface area contributed by atoms with Crippen LogP contribution in [0.3, 0.4) is 0 Å². The Hall–Kier alpha value is -0.780. The second-order valence-electron chi connectivity index (χ2n) is 7.04. The van der Waals surface area contributed by atoms with Gasteiger partial charge >= 0.3 is 0 Å². The summed E-state index contributed by atoms with van der Waals surface area (Å²) < 4.78 is 2.12. The van der Waals surface area contributed by atoms with Crippen molar-refractivity contribution in [2.24, 2.45) is 29.4 Å². The monoisotopic (exact) mass is 362 g/mol. The lowest BCUT2D eigenvalue weighted by molar-refractivity contribution is -0.127. The van der Waals surface area contributed by atoms with E-state index in [1.54, 1.807) is 6.20 Å². The first kappa shape index (κ1) is 20.3. The molecule has 2 saturated carbocycles. The highest BCUT2D eigenvalue weighted by molar-refractivity contribution is 5.85. The van der Waals surface area contributed by atoms with Crippen LogP contribution in [0.15, 0.2) is 12.4 Å². The summed E-state index contributed by atoms with van der Waals surface area (Å²) in [6.45, 7) is 5.78. The van der Waals surface area contributed by atoms with Gasteiger partial charge in [0.25, 0.3) is 0 Å². The summed E-state index contributed by atoms with van der Waals surface area (Å²) >= 11 is 0. The standard InChI is InChI=1S/C16H26N4O.2ClH/c1-10(2)9-20-6-5-18-13(20)8-19-16(21)14-11-3-4-12(7-11)15(14)17;;/h5-6,10-12,14-15H,3-4,7-9,17H2,1-2H3,(H,19,21);2*1H. The first-order valence-electron chi connectivity index (χ1n) is 8.09. The van der Waals surface area contributed by atoms with E-state index in [4.69, 9.17) is 5.73 Å². The van der Waals surface area contributed by atoms with Crippen molar-refractivity contribution in [1.82, 2.24) is 14.9 Å². The summed E-state index contributed by atoms with van der Waals surface area (Å²) in [6, 6.07) is 0.0548. The van der Waals surface area contributed by atoms with Gasteiger partial charge in [-0.15, -0.1) is 24.8 Å². The summed E-state index contributed by atoms with van der Waals surface area (Å²) in [5.41, 5.74) is 6.23. The average molecular weight is 363 g/mol. The molecule has 132 valence electrons. The van der Waals surface area contributed by atoms with E-state index in [9.17, 15) is 4.79 Å². The van der Waals surface area contributed by atoms with Crippen molar-refractivity contribution in [3.8, 4) is 0 Å². The minimum Gasteiger partial charge on any atom is -0.349 e. The zero-order chi connectivity index (χ0) is 15.0. The molecule has 2 bridgehead atoms. The molecule has 0 radical (unpaired) electrons. The Labute approximate surface area is 150 Å². The van der Waals surface area contributed by atoms with Crippen molar-refractivity contribution >= 4 is 30.7 Å². The highest BCUT2D eigenvalue weighted by Gasteiger charge is 2.48. The summed E-state index contributed by atoms with van der Waals surface area (Å²) in [5, 5.41) is 3.05. The molecule has 2 aliphatic carbocycles. The molecule has 7 heteroatoms. The van der Waals surface area contributed by atoms with Crippen LogP contribution in [-0.2, 0) is 17.9 Å². The number of imidazole rings is 1. The molecule has 1 aromatic heterocycles. The molecule has 2 aliphatic rings. The predicted molar refractivity (Wildman–Crippen MR) is 95.7 cm³/mol. The molecule has 2 fully saturated rings. The zero-order valence-electron chi connectivity index (χ0n) is 13.8. The maximum Gasteiger partial charge on any atom is 0.225 e. The molecule has 0 aliphatic heterocycles. The molecule has 23 heavy (non-hydrogen) atoms. The molecule has 3 rings (SSSR count). The van der Waals surface area contributed by atoms with Crippen LogP contribution >= 0.6 is 24.8 Å². The van der Waals surface area contributed by atoms with Gasteiger partial charge in [0, 0.05) is 25.0 Å². The summed E-state index contributed by atoms with van der Waals surface area (Å²) in [6.07, 6.45) is 7.28. The number of nitrogens with zero attached hydrogens (tertiary/aromatic N) is 2. The Morgan fingerprint density at radius 3 is 2.70 bits per heavy atom. The summed E-state index contributed by atoms with van der Waals surface area (Å²) in [7, 11) is 0. The number of nitrogens with one attached hydrogen (secondary N) is 1. The van der Waals surface area contributed by atoms with Gasteiger partial charge in [0.2, 0.25) is 5.91 Å². The molecule has 1 heterocycles. The molecule has 1 amide bonds. The van der Waals surface area contributed by atoms with Gasteiger partial charge in [0.05, 0.1) is 12.5 Å². The fraction of sp³-hybridized carbons (Fsp3) is 0.750. The number of rotatable bonds is 5. The smallest absolute Gasteiger partial charge is 0.225 e. The predicted octanol–water partition coefficient (Wildman–Crippen LogP) is 2.37. The second-order valence-corrected chi connectivity index (χ2v) is 7.04. The van der Waals surface area contributed by atoms with Gasteiger partial charge in [-0.25, -0.2) is 4.98 Å². The van der Waals surface area contributed by atoms with Crippen LogP contribution in [0, 0.1) is 23.7 Å². The van der Waals surface area contributed by atoms with Crippen molar-refractivity contribution in [3.05, 3.63) is 18.2 Å². The minimum atomic E-state index is 0. The molecular formula is C16H28Cl2N4O. The molecule has 1 aromatic rings. The molecule has 0 aromatic carbocycles. The number of halogens is 2. The maximum absolute atomic E-state index is 12.4. The SMILES string of the molecule is CC(C)Cn1ccnc1CNC(=O)C1C2CCC(C2)C1N.Cl.Cl. The number of hydrogen-bond donors (Lipinski definition) is 2. The van der Waals surface area contributed by atoms with E-state index in [0.29, 0.717) is 24.3 Å². The van der Waals surface area contributed by atoms with E-state index in [2.05, 4.69) is 28.7 Å². The first-order valence-corrected chi connectivity index (χ1v) is 8.09. The van der Waals surface area contributed by atoms with E-state index in [1.807, 2.05) is 6.20 Å². The number of hydrogen-bond acceptors (Lipinski definition) is 3. The molecule has 0 spiro atoms. The van der Waals surface area contributed by atoms with E-state index < -0.39 is 0 Å². The van der Waals surface area contributed by atoms with Crippen LogP contribution in [0.25, 0.3) is 0 Å². The number of carbonyl (C=O) groups excluding carboxylic acids is 1. The number of carbonyl (C=O) groups is 1. The highest BCUT2D eigenvalue weighted by atomic mass is 35.5. The lowest BCUT2D eigenvalue weighted by Gasteiger charge is -2.27. The molecule has 0 saturated heterocycles. The van der Waals surface area contributed by atoms with Crippen LogP contribution in [0.5, 0.6) is 0 Å². The van der Waals surface area contributed by atoms with Crippen LogP contribution < -0.4 is 11.1 Å². The third kappa shape index (κ3) is 4.20. The van der Waals surface area contributed by atoms with Gasteiger partial charge < -0.3 is 15.6 Å². The Balaban J connectivity index is 0.00000132. The highest BCUT2D eigenvalue weighted by Crippen LogP contribution is 2.47. The second kappa shape index (κ2) is 8.36. The van der Waals surface area contributed by atoms with Gasteiger partial charge in [-0.1, -0.05) is 13.8 Å². The lowest BCUT2D eigenvalue weighted by Crippen LogP contribution is -2.45. The third-order valence-corrected chi connectivity index (χ3v) is 5.07. The van der Waals surface area contributed by atoms with Gasteiger partial charge in [-0.3, -0.25) is 4.79 Å². The Kier molecular flexibility index (Phi) is 7.36.